The third-order valence-electron chi connectivity index (χ3n) is 8.70. The number of halogens is 1. The number of carbonyl (C=O) groups is 4. The lowest BCUT2D eigenvalue weighted by Gasteiger charge is -2.41. The quantitative estimate of drug-likeness (QED) is 0.268. The van der Waals surface area contributed by atoms with E-state index in [2.05, 4.69) is 4.90 Å². The second kappa shape index (κ2) is 13.4. The summed E-state index contributed by atoms with van der Waals surface area (Å²) < 4.78 is 5.69. The Bertz CT molecular complexity index is 1440. The molecule has 3 aliphatic rings. The Morgan fingerprint density at radius 2 is 1.62 bits per heavy atom. The number of nitrogens with two attached hydrogens (primary N) is 1. The van der Waals surface area contributed by atoms with E-state index in [9.17, 15) is 24.3 Å². The van der Waals surface area contributed by atoms with Gasteiger partial charge in [-0.1, -0.05) is 23.7 Å². The van der Waals surface area contributed by atoms with Crippen molar-refractivity contribution in [3.8, 4) is 0 Å². The number of esters is 1. The van der Waals surface area contributed by atoms with Gasteiger partial charge in [0, 0.05) is 49.4 Å². The molecule has 0 spiro atoms. The number of nitrogens with zero attached hydrogens (tertiary/aromatic N) is 4. The molecular formula is C33H42ClN5O6. The SMILES string of the molecule is CC(C)(C)OC(=O)C(Cc1ccc(N2CCN(C3CCC(O)CC3)CC2=O)cc1)N1CCN(c2cc(Cl)ccc2N)C(=O)C1=O. The molecule has 2 heterocycles. The summed E-state index contributed by atoms with van der Waals surface area (Å²) in [5.41, 5.74) is 7.44. The van der Waals surface area contributed by atoms with Gasteiger partial charge in [-0.25, -0.2) is 4.79 Å². The highest BCUT2D eigenvalue weighted by Gasteiger charge is 2.42. The standard InChI is InChI=1S/C33H42ClN5O6/c1-33(2,3)45-32(44)28(39-17-16-38(30(42)31(39)43)27-19-22(34)6-13-26(27)35)18-21-4-7-24(8-5-21)37-15-14-36(20-29(37)41)23-9-11-25(40)12-10-23/h4-8,13,19,23,25,28,40H,9-12,14-18,20,35H2,1-3H3. The molecule has 2 aliphatic heterocycles. The molecule has 3 fully saturated rings. The first-order chi connectivity index (χ1) is 21.3. The topological polar surface area (TPSA) is 137 Å². The average Bonchev–Trinajstić information content (AvgIpc) is 2.99. The number of rotatable bonds is 7. The maximum atomic E-state index is 13.5. The van der Waals surface area contributed by atoms with Gasteiger partial charge in [0.15, 0.2) is 0 Å². The van der Waals surface area contributed by atoms with Crippen molar-refractivity contribution >= 4 is 52.4 Å². The number of aliphatic hydroxyl groups excluding tert-OH is 1. The van der Waals surface area contributed by atoms with Crippen LogP contribution < -0.4 is 15.5 Å². The summed E-state index contributed by atoms with van der Waals surface area (Å²) in [4.78, 5) is 59.9. The summed E-state index contributed by atoms with van der Waals surface area (Å²) in [6.07, 6.45) is 3.25. The van der Waals surface area contributed by atoms with E-state index >= 15 is 0 Å². The van der Waals surface area contributed by atoms with Crippen LogP contribution >= 0.6 is 11.6 Å². The third kappa shape index (κ3) is 7.59. The van der Waals surface area contributed by atoms with E-state index in [1.165, 1.54) is 15.9 Å². The van der Waals surface area contributed by atoms with Crippen LogP contribution in [0.25, 0.3) is 0 Å². The molecular weight excluding hydrogens is 598 g/mol. The third-order valence-corrected chi connectivity index (χ3v) is 8.94. The fourth-order valence-electron chi connectivity index (χ4n) is 6.35. The summed E-state index contributed by atoms with van der Waals surface area (Å²) >= 11 is 6.12. The van der Waals surface area contributed by atoms with Gasteiger partial charge in [-0.3, -0.25) is 19.3 Å². The number of benzene rings is 2. The Morgan fingerprint density at radius 3 is 2.27 bits per heavy atom. The zero-order valence-electron chi connectivity index (χ0n) is 26.1. The monoisotopic (exact) mass is 639 g/mol. The van der Waals surface area contributed by atoms with Crippen LogP contribution in [-0.2, 0) is 30.3 Å². The molecule has 5 rings (SSSR count). The molecule has 0 radical (unpaired) electrons. The molecule has 2 aromatic carbocycles. The first kappa shape index (κ1) is 32.7. The Hall–Kier alpha value is -3.67. The highest BCUT2D eigenvalue weighted by molar-refractivity contribution is 6.41. The smallest absolute Gasteiger partial charge is 0.329 e. The predicted molar refractivity (Wildman–Crippen MR) is 172 cm³/mol. The lowest BCUT2D eigenvalue weighted by molar-refractivity contribution is -0.166. The van der Waals surface area contributed by atoms with Gasteiger partial charge in [0.1, 0.15) is 11.6 Å². The molecule has 12 heteroatoms. The number of carbonyl (C=O) groups excluding carboxylic acids is 4. The summed E-state index contributed by atoms with van der Waals surface area (Å²) in [5, 5.41) is 10.2. The number of aliphatic hydroxyl groups is 1. The van der Waals surface area contributed by atoms with Gasteiger partial charge in [-0.15, -0.1) is 0 Å². The van der Waals surface area contributed by atoms with Crippen molar-refractivity contribution in [1.29, 1.82) is 0 Å². The maximum absolute atomic E-state index is 13.5. The van der Waals surface area contributed by atoms with Crippen LogP contribution in [0.15, 0.2) is 42.5 Å². The van der Waals surface area contributed by atoms with Gasteiger partial charge in [-0.05, 0) is 82.3 Å². The molecule has 3 amide bonds. The number of hydrogen-bond donors (Lipinski definition) is 2. The molecule has 2 saturated heterocycles. The second-order valence-electron chi connectivity index (χ2n) is 13.1. The van der Waals surface area contributed by atoms with Gasteiger partial charge >= 0.3 is 17.8 Å². The van der Waals surface area contributed by atoms with Gasteiger partial charge in [0.25, 0.3) is 0 Å². The highest BCUT2D eigenvalue weighted by Crippen LogP contribution is 2.30. The van der Waals surface area contributed by atoms with Crippen molar-refractivity contribution in [2.45, 2.75) is 76.7 Å². The van der Waals surface area contributed by atoms with Crippen LogP contribution in [0.2, 0.25) is 5.02 Å². The van der Waals surface area contributed by atoms with Crippen molar-refractivity contribution in [2.24, 2.45) is 0 Å². The van der Waals surface area contributed by atoms with Crippen molar-refractivity contribution in [3.05, 3.63) is 53.1 Å². The minimum absolute atomic E-state index is 0.0223. The first-order valence-corrected chi connectivity index (χ1v) is 15.9. The summed E-state index contributed by atoms with van der Waals surface area (Å²) in [6.45, 7) is 7.13. The van der Waals surface area contributed by atoms with E-state index in [1.807, 2.05) is 24.3 Å². The van der Waals surface area contributed by atoms with Crippen molar-refractivity contribution in [1.82, 2.24) is 9.80 Å². The van der Waals surface area contributed by atoms with Gasteiger partial charge in [0.05, 0.1) is 24.0 Å². The molecule has 242 valence electrons. The van der Waals surface area contributed by atoms with Crippen molar-refractivity contribution in [3.63, 3.8) is 0 Å². The highest BCUT2D eigenvalue weighted by atomic mass is 35.5. The maximum Gasteiger partial charge on any atom is 0.329 e. The summed E-state index contributed by atoms with van der Waals surface area (Å²) in [5.74, 6) is -2.22. The van der Waals surface area contributed by atoms with Gasteiger partial charge in [0.2, 0.25) is 5.91 Å². The van der Waals surface area contributed by atoms with Crippen LogP contribution in [-0.4, -0.2) is 95.1 Å². The molecule has 45 heavy (non-hydrogen) atoms. The number of anilines is 3. The lowest BCUT2D eigenvalue weighted by Crippen LogP contribution is -2.60. The molecule has 1 aliphatic carbocycles. The van der Waals surface area contributed by atoms with Gasteiger partial charge in [-0.2, -0.15) is 0 Å². The average molecular weight is 640 g/mol. The molecule has 0 aromatic heterocycles. The normalized spacial score (nSPS) is 22.5. The van der Waals surface area contributed by atoms with Crippen molar-refractivity contribution in [2.75, 3.05) is 48.3 Å². The van der Waals surface area contributed by atoms with E-state index in [1.54, 1.807) is 37.8 Å². The van der Waals surface area contributed by atoms with Crippen LogP contribution in [0, 0.1) is 0 Å². The fraction of sp³-hybridized carbons (Fsp3) is 0.515. The lowest BCUT2D eigenvalue weighted by atomic mass is 9.91. The Balaban J connectivity index is 1.29. The summed E-state index contributed by atoms with van der Waals surface area (Å²) in [7, 11) is 0. The molecule has 2 aromatic rings. The second-order valence-corrected chi connectivity index (χ2v) is 13.5. The molecule has 1 unspecified atom stereocenters. The molecule has 1 saturated carbocycles. The van der Waals surface area contributed by atoms with Crippen LogP contribution in [0.3, 0.4) is 0 Å². The number of hydrogen-bond acceptors (Lipinski definition) is 8. The van der Waals surface area contributed by atoms with Crippen LogP contribution in [0.4, 0.5) is 17.1 Å². The Labute approximate surface area is 268 Å². The van der Waals surface area contributed by atoms with Crippen molar-refractivity contribution < 1.29 is 29.0 Å². The van der Waals surface area contributed by atoms with E-state index in [-0.39, 0.29) is 31.5 Å². The largest absolute Gasteiger partial charge is 0.458 e. The van der Waals surface area contributed by atoms with Crippen LogP contribution in [0.1, 0.15) is 52.0 Å². The van der Waals surface area contributed by atoms with Crippen LogP contribution in [0.5, 0.6) is 0 Å². The van der Waals surface area contributed by atoms with E-state index in [0.717, 1.165) is 43.5 Å². The number of amides is 3. The van der Waals surface area contributed by atoms with Gasteiger partial charge < -0.3 is 30.3 Å². The van der Waals surface area contributed by atoms with E-state index < -0.39 is 29.4 Å². The predicted octanol–water partition coefficient (Wildman–Crippen LogP) is 3.00. The van der Waals surface area contributed by atoms with E-state index in [0.29, 0.717) is 35.5 Å². The minimum atomic E-state index is -1.04. The Kier molecular flexibility index (Phi) is 9.71. The Morgan fingerprint density at radius 1 is 0.956 bits per heavy atom. The number of piperazine rings is 2. The fourth-order valence-corrected chi connectivity index (χ4v) is 6.52. The number of nitrogen functional groups attached to an aromatic ring is 1. The number of ether oxygens (including phenoxy) is 1. The zero-order valence-corrected chi connectivity index (χ0v) is 26.8. The summed E-state index contributed by atoms with van der Waals surface area (Å²) in [6, 6.07) is 11.4. The molecule has 0 bridgehead atoms. The minimum Gasteiger partial charge on any atom is -0.458 e. The van der Waals surface area contributed by atoms with E-state index in [4.69, 9.17) is 22.1 Å². The molecule has 3 N–H and O–H groups in total. The molecule has 1 atom stereocenters. The molecule has 11 nitrogen and oxygen atoms in total. The zero-order chi connectivity index (χ0) is 32.5. The first-order valence-electron chi connectivity index (χ1n) is 15.5.